The van der Waals surface area contributed by atoms with E-state index in [0.29, 0.717) is 18.7 Å². The van der Waals surface area contributed by atoms with Gasteiger partial charge in [-0.25, -0.2) is 4.98 Å². The molecule has 0 saturated carbocycles. The second-order valence-electron chi connectivity index (χ2n) is 4.54. The van der Waals surface area contributed by atoms with Gasteiger partial charge in [0.2, 0.25) is 11.8 Å². The highest BCUT2D eigenvalue weighted by Crippen LogP contribution is 2.17. The van der Waals surface area contributed by atoms with Crippen LogP contribution in [0, 0.1) is 0 Å². The maximum absolute atomic E-state index is 11.7. The van der Waals surface area contributed by atoms with Gasteiger partial charge < -0.3 is 5.32 Å². The standard InChI is InChI=1S/C14H13N3O2/c18-13-8-6-11(14(19)17-13)16-12-7-5-9-3-1-2-4-10(9)15-12/h1-5,7,11H,6,8H2,(H,15,16)(H,17,18,19). The van der Waals surface area contributed by atoms with Crippen LogP contribution >= 0.6 is 0 Å². The Labute approximate surface area is 110 Å². The molecule has 19 heavy (non-hydrogen) atoms. The fourth-order valence-corrected chi connectivity index (χ4v) is 2.16. The molecule has 5 nitrogen and oxygen atoms in total. The van der Waals surface area contributed by atoms with Gasteiger partial charge in [-0.05, 0) is 24.6 Å². The number of aromatic nitrogens is 1. The SMILES string of the molecule is O=C1CCC(Nc2ccc3ccccc3n2)C(=O)N1. The average molecular weight is 255 g/mol. The van der Waals surface area contributed by atoms with E-state index in [1.54, 1.807) is 0 Å². The van der Waals surface area contributed by atoms with Gasteiger partial charge in [-0.1, -0.05) is 18.2 Å². The zero-order valence-corrected chi connectivity index (χ0v) is 10.2. The van der Waals surface area contributed by atoms with Crippen LogP contribution in [0.15, 0.2) is 36.4 Å². The van der Waals surface area contributed by atoms with Gasteiger partial charge in [0.1, 0.15) is 11.9 Å². The Morgan fingerprint density at radius 2 is 2.00 bits per heavy atom. The second-order valence-corrected chi connectivity index (χ2v) is 4.54. The van der Waals surface area contributed by atoms with Crippen molar-refractivity contribution in [2.24, 2.45) is 0 Å². The van der Waals surface area contributed by atoms with Crippen LogP contribution in [-0.4, -0.2) is 22.8 Å². The molecule has 1 unspecified atom stereocenters. The van der Waals surface area contributed by atoms with Crippen molar-refractivity contribution in [3.8, 4) is 0 Å². The summed E-state index contributed by atoms with van der Waals surface area (Å²) in [7, 11) is 0. The molecule has 96 valence electrons. The van der Waals surface area contributed by atoms with Gasteiger partial charge >= 0.3 is 0 Å². The number of fused-ring (bicyclic) bond motifs is 1. The van der Waals surface area contributed by atoms with Crippen molar-refractivity contribution in [3.63, 3.8) is 0 Å². The highest BCUT2D eigenvalue weighted by molar-refractivity contribution is 6.01. The summed E-state index contributed by atoms with van der Waals surface area (Å²) >= 11 is 0. The van der Waals surface area contributed by atoms with E-state index in [-0.39, 0.29) is 11.8 Å². The number of nitrogens with one attached hydrogen (secondary N) is 2. The summed E-state index contributed by atoms with van der Waals surface area (Å²) in [5.41, 5.74) is 0.875. The van der Waals surface area contributed by atoms with E-state index >= 15 is 0 Å². The van der Waals surface area contributed by atoms with E-state index in [1.165, 1.54) is 0 Å². The van der Waals surface area contributed by atoms with Crippen molar-refractivity contribution < 1.29 is 9.59 Å². The number of nitrogens with zero attached hydrogens (tertiary/aromatic N) is 1. The number of pyridine rings is 1. The first-order chi connectivity index (χ1) is 9.22. The number of anilines is 1. The van der Waals surface area contributed by atoms with Crippen molar-refractivity contribution in [1.82, 2.24) is 10.3 Å². The topological polar surface area (TPSA) is 71.1 Å². The summed E-state index contributed by atoms with van der Waals surface area (Å²) in [6.45, 7) is 0. The molecule has 0 bridgehead atoms. The van der Waals surface area contributed by atoms with E-state index in [4.69, 9.17) is 0 Å². The molecule has 0 aliphatic carbocycles. The molecule has 0 spiro atoms. The summed E-state index contributed by atoms with van der Waals surface area (Å²) in [6.07, 6.45) is 0.857. The largest absolute Gasteiger partial charge is 0.358 e. The van der Waals surface area contributed by atoms with Crippen molar-refractivity contribution in [2.45, 2.75) is 18.9 Å². The smallest absolute Gasteiger partial charge is 0.249 e. The minimum Gasteiger partial charge on any atom is -0.358 e. The number of piperidine rings is 1. The van der Waals surface area contributed by atoms with Crippen molar-refractivity contribution in [2.75, 3.05) is 5.32 Å². The summed E-state index contributed by atoms with van der Waals surface area (Å²) in [6, 6.07) is 11.2. The predicted octanol–water partition coefficient (Wildman–Crippen LogP) is 1.45. The number of carbonyl (C=O) groups excluding carboxylic acids is 2. The third-order valence-electron chi connectivity index (χ3n) is 3.16. The van der Waals surface area contributed by atoms with Gasteiger partial charge in [-0.2, -0.15) is 0 Å². The van der Waals surface area contributed by atoms with Crippen LogP contribution in [0.5, 0.6) is 0 Å². The van der Waals surface area contributed by atoms with Gasteiger partial charge in [0.25, 0.3) is 0 Å². The Bertz CT molecular complexity index is 654. The molecule has 1 aliphatic heterocycles. The van der Waals surface area contributed by atoms with Crippen molar-refractivity contribution in [1.29, 1.82) is 0 Å². The maximum atomic E-state index is 11.7. The van der Waals surface area contributed by atoms with E-state index < -0.39 is 6.04 Å². The molecule has 2 heterocycles. The van der Waals surface area contributed by atoms with Crippen molar-refractivity contribution >= 4 is 28.5 Å². The van der Waals surface area contributed by atoms with E-state index in [0.717, 1.165) is 10.9 Å². The Morgan fingerprint density at radius 3 is 2.84 bits per heavy atom. The normalized spacial score (nSPS) is 19.3. The number of para-hydroxylation sites is 1. The zero-order chi connectivity index (χ0) is 13.2. The van der Waals surface area contributed by atoms with E-state index in [2.05, 4.69) is 15.6 Å². The fraction of sp³-hybridized carbons (Fsp3) is 0.214. The quantitative estimate of drug-likeness (QED) is 0.797. The maximum Gasteiger partial charge on any atom is 0.249 e. The molecule has 1 aliphatic rings. The van der Waals surface area contributed by atoms with Crippen LogP contribution in [0.4, 0.5) is 5.82 Å². The van der Waals surface area contributed by atoms with Crippen LogP contribution in [0.2, 0.25) is 0 Å². The molecule has 1 aromatic carbocycles. The lowest BCUT2D eigenvalue weighted by Gasteiger charge is -2.22. The highest BCUT2D eigenvalue weighted by Gasteiger charge is 2.26. The Hall–Kier alpha value is -2.43. The molecule has 2 amide bonds. The van der Waals surface area contributed by atoms with Gasteiger partial charge in [0, 0.05) is 11.8 Å². The van der Waals surface area contributed by atoms with Crippen LogP contribution in [0.1, 0.15) is 12.8 Å². The summed E-state index contributed by atoms with van der Waals surface area (Å²) in [4.78, 5) is 27.2. The highest BCUT2D eigenvalue weighted by atomic mass is 16.2. The first kappa shape index (κ1) is 11.6. The van der Waals surface area contributed by atoms with Crippen LogP contribution in [0.3, 0.4) is 0 Å². The van der Waals surface area contributed by atoms with Gasteiger partial charge in [0.15, 0.2) is 0 Å². The average Bonchev–Trinajstić information content (AvgIpc) is 2.42. The lowest BCUT2D eigenvalue weighted by atomic mass is 10.1. The van der Waals surface area contributed by atoms with Crippen LogP contribution in [0.25, 0.3) is 10.9 Å². The molecule has 1 aromatic heterocycles. The third kappa shape index (κ3) is 2.40. The van der Waals surface area contributed by atoms with Crippen LogP contribution < -0.4 is 10.6 Å². The third-order valence-corrected chi connectivity index (χ3v) is 3.16. The Kier molecular flexibility index (Phi) is 2.87. The molecule has 1 fully saturated rings. The first-order valence-electron chi connectivity index (χ1n) is 6.18. The van der Waals surface area contributed by atoms with Gasteiger partial charge in [0.05, 0.1) is 5.52 Å². The molecule has 3 rings (SSSR count). The monoisotopic (exact) mass is 255 g/mol. The number of rotatable bonds is 2. The molecule has 2 aromatic rings. The predicted molar refractivity (Wildman–Crippen MR) is 71.5 cm³/mol. The summed E-state index contributed by atoms with van der Waals surface area (Å²) in [5, 5.41) is 6.44. The number of hydrogen-bond acceptors (Lipinski definition) is 4. The molecule has 5 heteroatoms. The van der Waals surface area contributed by atoms with Gasteiger partial charge in [-0.3, -0.25) is 14.9 Å². The number of hydrogen-bond donors (Lipinski definition) is 2. The summed E-state index contributed by atoms with van der Waals surface area (Å²) < 4.78 is 0. The zero-order valence-electron chi connectivity index (χ0n) is 10.2. The van der Waals surface area contributed by atoms with Crippen LogP contribution in [-0.2, 0) is 9.59 Å². The number of imide groups is 1. The first-order valence-corrected chi connectivity index (χ1v) is 6.18. The molecular formula is C14H13N3O2. The Balaban J connectivity index is 1.81. The molecule has 2 N–H and O–H groups in total. The molecular weight excluding hydrogens is 242 g/mol. The molecule has 1 saturated heterocycles. The van der Waals surface area contributed by atoms with Crippen molar-refractivity contribution in [3.05, 3.63) is 36.4 Å². The number of carbonyl (C=O) groups is 2. The lowest BCUT2D eigenvalue weighted by Crippen LogP contribution is -2.47. The fourth-order valence-electron chi connectivity index (χ4n) is 2.16. The number of benzene rings is 1. The van der Waals surface area contributed by atoms with E-state index in [1.807, 2.05) is 36.4 Å². The Morgan fingerprint density at radius 1 is 1.16 bits per heavy atom. The lowest BCUT2D eigenvalue weighted by molar-refractivity contribution is -0.133. The molecule has 0 radical (unpaired) electrons. The number of amides is 2. The second kappa shape index (κ2) is 4.68. The minimum atomic E-state index is -0.397. The molecule has 1 atom stereocenters. The van der Waals surface area contributed by atoms with E-state index in [9.17, 15) is 9.59 Å². The van der Waals surface area contributed by atoms with Gasteiger partial charge in [-0.15, -0.1) is 0 Å². The summed E-state index contributed by atoms with van der Waals surface area (Å²) in [5.74, 6) is 0.147. The minimum absolute atomic E-state index is 0.213.